The van der Waals surface area contributed by atoms with E-state index in [4.69, 9.17) is 16.0 Å². The van der Waals surface area contributed by atoms with Crippen molar-refractivity contribution >= 4 is 5.84 Å². The van der Waals surface area contributed by atoms with Crippen LogP contribution in [0.3, 0.4) is 0 Å². The van der Waals surface area contributed by atoms with Gasteiger partial charge < -0.3 is 20.9 Å². The Morgan fingerprint density at radius 1 is 1.47 bits per heavy atom. The van der Waals surface area contributed by atoms with E-state index in [1.54, 1.807) is 4.90 Å². The van der Waals surface area contributed by atoms with Gasteiger partial charge in [0, 0.05) is 19.7 Å². The van der Waals surface area contributed by atoms with E-state index in [1.165, 1.54) is 0 Å². The summed E-state index contributed by atoms with van der Waals surface area (Å²) in [5, 5.41) is 19.8. The second-order valence-corrected chi connectivity index (χ2v) is 4.90. The van der Waals surface area contributed by atoms with Crippen LogP contribution in [0.2, 0.25) is 0 Å². The van der Waals surface area contributed by atoms with Crippen LogP contribution in [-0.2, 0) is 0 Å². The predicted octanol–water partition coefficient (Wildman–Crippen LogP) is 1.01. The number of nitrogens with two attached hydrogens (primary N) is 1. The average molecular weight is 283 g/mol. The number of halogens is 3. The highest BCUT2D eigenvalue weighted by atomic mass is 19.4. The number of nitrogens with zero attached hydrogens (tertiary/aromatic N) is 2. The minimum atomic E-state index is -4.53. The van der Waals surface area contributed by atoms with Crippen LogP contribution in [-0.4, -0.2) is 53.5 Å². The first kappa shape index (κ1) is 16.0. The van der Waals surface area contributed by atoms with Gasteiger partial charge in [0.05, 0.1) is 0 Å². The smallest absolute Gasteiger partial charge is 0.400 e. The number of likely N-dealkylation sites (tertiary alicyclic amines) is 1. The van der Waals surface area contributed by atoms with Crippen molar-refractivity contribution < 1.29 is 23.5 Å². The highest BCUT2D eigenvalue weighted by molar-refractivity contribution is 5.83. The molecule has 19 heavy (non-hydrogen) atoms. The Morgan fingerprint density at radius 2 is 2.16 bits per heavy atom. The molecule has 0 aromatic carbocycles. The van der Waals surface area contributed by atoms with Crippen LogP contribution >= 0.6 is 0 Å². The highest BCUT2D eigenvalue weighted by Crippen LogP contribution is 2.29. The number of rotatable bonds is 5. The van der Waals surface area contributed by atoms with Crippen LogP contribution in [0, 0.1) is 11.8 Å². The Morgan fingerprint density at radius 3 is 2.68 bits per heavy atom. The van der Waals surface area contributed by atoms with Crippen molar-refractivity contribution in [2.45, 2.75) is 25.4 Å². The molecule has 2 atom stereocenters. The van der Waals surface area contributed by atoms with Gasteiger partial charge in [-0.2, -0.15) is 13.2 Å². The highest BCUT2D eigenvalue weighted by Gasteiger charge is 2.44. The molecule has 0 saturated carbocycles. The molecule has 0 aromatic rings. The SMILES string of the molecule is NC(=NO)C(CN1CCCC(CCO)C1)C(F)(F)F. The third-order valence-corrected chi connectivity index (χ3v) is 3.45. The summed E-state index contributed by atoms with van der Waals surface area (Å²) in [6.45, 7) is 0.807. The number of aliphatic hydroxyl groups excluding tert-OH is 1. The fraction of sp³-hybridized carbons (Fsp3) is 0.909. The Hall–Kier alpha value is -1.02. The van der Waals surface area contributed by atoms with Gasteiger partial charge in [-0.05, 0) is 31.7 Å². The zero-order valence-electron chi connectivity index (χ0n) is 10.6. The van der Waals surface area contributed by atoms with Crippen LogP contribution in [0.4, 0.5) is 13.2 Å². The molecule has 0 spiro atoms. The molecule has 4 N–H and O–H groups in total. The van der Waals surface area contributed by atoms with E-state index in [9.17, 15) is 13.2 Å². The Bertz CT molecular complexity index is 308. The standard InChI is InChI=1S/C11H20F3N3O2/c12-11(13,14)9(10(15)16-19)7-17-4-1-2-8(6-17)3-5-18/h8-9,18-19H,1-7H2,(H2,15,16). The van der Waals surface area contributed by atoms with Gasteiger partial charge in [-0.15, -0.1) is 0 Å². The maximum absolute atomic E-state index is 12.8. The molecule has 0 aromatic heterocycles. The summed E-state index contributed by atoms with van der Waals surface area (Å²) >= 11 is 0. The fourth-order valence-corrected chi connectivity index (χ4v) is 2.43. The minimum Gasteiger partial charge on any atom is -0.409 e. The van der Waals surface area contributed by atoms with E-state index in [-0.39, 0.29) is 19.1 Å². The molecule has 0 amide bonds. The molecule has 0 radical (unpaired) electrons. The van der Waals surface area contributed by atoms with Crippen LogP contribution in [0.1, 0.15) is 19.3 Å². The first-order chi connectivity index (χ1) is 8.88. The molecular formula is C11H20F3N3O2. The lowest BCUT2D eigenvalue weighted by molar-refractivity contribution is -0.161. The van der Waals surface area contributed by atoms with Gasteiger partial charge in [0.1, 0.15) is 5.92 Å². The Kier molecular flexibility index (Phi) is 5.86. The first-order valence-corrected chi connectivity index (χ1v) is 6.25. The van der Waals surface area contributed by atoms with E-state index in [0.717, 1.165) is 12.8 Å². The summed E-state index contributed by atoms with van der Waals surface area (Å²) in [6.07, 6.45) is -2.22. The predicted molar refractivity (Wildman–Crippen MR) is 63.8 cm³/mol. The van der Waals surface area contributed by atoms with E-state index in [1.807, 2.05) is 0 Å². The number of hydrogen-bond donors (Lipinski definition) is 3. The zero-order valence-corrected chi connectivity index (χ0v) is 10.6. The number of oxime groups is 1. The van der Waals surface area contributed by atoms with E-state index in [0.29, 0.717) is 19.5 Å². The van der Waals surface area contributed by atoms with Crippen LogP contribution in [0.25, 0.3) is 0 Å². The van der Waals surface area contributed by atoms with Crippen molar-refractivity contribution in [1.29, 1.82) is 0 Å². The number of amidine groups is 1. The zero-order chi connectivity index (χ0) is 14.5. The molecule has 1 aliphatic heterocycles. The molecule has 1 aliphatic rings. The molecule has 1 rings (SSSR count). The van der Waals surface area contributed by atoms with E-state index < -0.39 is 17.9 Å². The summed E-state index contributed by atoms with van der Waals surface area (Å²) in [5.74, 6) is -2.55. The summed E-state index contributed by atoms with van der Waals surface area (Å²) in [6, 6.07) is 0. The molecule has 0 bridgehead atoms. The third-order valence-electron chi connectivity index (χ3n) is 3.45. The molecule has 1 saturated heterocycles. The van der Waals surface area contributed by atoms with Crippen molar-refractivity contribution in [1.82, 2.24) is 4.90 Å². The number of aliphatic hydroxyl groups is 1. The van der Waals surface area contributed by atoms with Gasteiger partial charge in [-0.3, -0.25) is 0 Å². The number of alkyl halides is 3. The van der Waals surface area contributed by atoms with Gasteiger partial charge in [-0.1, -0.05) is 5.16 Å². The molecule has 1 fully saturated rings. The minimum absolute atomic E-state index is 0.0431. The summed E-state index contributed by atoms with van der Waals surface area (Å²) in [7, 11) is 0. The van der Waals surface area contributed by atoms with Crippen molar-refractivity contribution in [2.75, 3.05) is 26.2 Å². The van der Waals surface area contributed by atoms with Crippen molar-refractivity contribution in [3.8, 4) is 0 Å². The Balaban J connectivity index is 2.64. The second-order valence-electron chi connectivity index (χ2n) is 4.90. The van der Waals surface area contributed by atoms with Gasteiger partial charge in [0.15, 0.2) is 5.84 Å². The first-order valence-electron chi connectivity index (χ1n) is 6.25. The lowest BCUT2D eigenvalue weighted by Crippen LogP contribution is -2.47. The summed E-state index contributed by atoms with van der Waals surface area (Å²) in [5.41, 5.74) is 5.13. The van der Waals surface area contributed by atoms with Crippen LogP contribution < -0.4 is 5.73 Å². The lowest BCUT2D eigenvalue weighted by atomic mass is 9.94. The maximum atomic E-state index is 12.8. The number of hydrogen-bond acceptors (Lipinski definition) is 4. The van der Waals surface area contributed by atoms with Gasteiger partial charge in [0.25, 0.3) is 0 Å². The number of piperidine rings is 1. The van der Waals surface area contributed by atoms with Gasteiger partial charge in [0.2, 0.25) is 0 Å². The van der Waals surface area contributed by atoms with Gasteiger partial charge in [-0.25, -0.2) is 0 Å². The molecular weight excluding hydrogens is 263 g/mol. The van der Waals surface area contributed by atoms with Crippen molar-refractivity contribution in [3.63, 3.8) is 0 Å². The second kappa shape index (κ2) is 6.95. The van der Waals surface area contributed by atoms with E-state index >= 15 is 0 Å². The van der Waals surface area contributed by atoms with Gasteiger partial charge >= 0.3 is 6.18 Å². The normalized spacial score (nSPS) is 24.4. The molecule has 5 nitrogen and oxygen atoms in total. The van der Waals surface area contributed by atoms with Crippen LogP contribution in [0.5, 0.6) is 0 Å². The monoisotopic (exact) mass is 283 g/mol. The summed E-state index contributed by atoms with van der Waals surface area (Å²) in [4.78, 5) is 1.67. The van der Waals surface area contributed by atoms with E-state index in [2.05, 4.69) is 5.16 Å². The quantitative estimate of drug-likeness (QED) is 0.304. The lowest BCUT2D eigenvalue weighted by Gasteiger charge is -2.35. The molecule has 8 heteroatoms. The fourth-order valence-electron chi connectivity index (χ4n) is 2.43. The molecule has 1 heterocycles. The Labute approximate surface area is 109 Å². The molecule has 112 valence electrons. The summed E-state index contributed by atoms with van der Waals surface area (Å²) < 4.78 is 38.5. The maximum Gasteiger partial charge on any atom is 0.400 e. The third kappa shape index (κ3) is 4.87. The average Bonchev–Trinajstić information content (AvgIpc) is 2.34. The van der Waals surface area contributed by atoms with Crippen molar-refractivity contribution in [3.05, 3.63) is 0 Å². The van der Waals surface area contributed by atoms with Crippen molar-refractivity contribution in [2.24, 2.45) is 22.7 Å². The molecule has 2 unspecified atom stereocenters. The largest absolute Gasteiger partial charge is 0.409 e. The molecule has 0 aliphatic carbocycles. The topological polar surface area (TPSA) is 82.1 Å². The van der Waals surface area contributed by atoms with Crippen LogP contribution in [0.15, 0.2) is 5.16 Å².